The largest absolute Gasteiger partial charge is 0.480 e. The number of carbonyl (C=O) groups excluding carboxylic acids is 1. The van der Waals surface area contributed by atoms with Crippen molar-refractivity contribution in [1.29, 1.82) is 0 Å². The Morgan fingerprint density at radius 3 is 2.62 bits per heavy atom. The second-order valence-corrected chi connectivity index (χ2v) is 6.58. The Bertz CT molecular complexity index is 762. The molecule has 1 unspecified atom stereocenters. The van der Waals surface area contributed by atoms with E-state index in [1.807, 2.05) is 19.9 Å². The quantitative estimate of drug-likeness (QED) is 0.812. The van der Waals surface area contributed by atoms with E-state index in [1.165, 1.54) is 20.3 Å². The fourth-order valence-electron chi connectivity index (χ4n) is 2.03. The lowest BCUT2D eigenvalue weighted by Crippen LogP contribution is -2.09. The highest BCUT2D eigenvalue weighted by molar-refractivity contribution is 7.86. The van der Waals surface area contributed by atoms with Crippen LogP contribution >= 0.6 is 0 Å². The van der Waals surface area contributed by atoms with Crippen LogP contribution in [0.25, 0.3) is 0 Å². The van der Waals surface area contributed by atoms with Gasteiger partial charge < -0.3 is 9.47 Å². The monoisotopic (exact) mass is 348 g/mol. The SMILES string of the molecule is COC(=O)c1cccc(S(=O)Nc2cc(C(C)C)cnc2OC)c1. The lowest BCUT2D eigenvalue weighted by Gasteiger charge is -2.13. The van der Waals surface area contributed by atoms with Crippen LogP contribution < -0.4 is 9.46 Å². The molecule has 0 spiro atoms. The first-order valence-corrected chi connectivity index (χ1v) is 8.52. The van der Waals surface area contributed by atoms with Gasteiger partial charge in [0.25, 0.3) is 0 Å². The minimum absolute atomic E-state index is 0.278. The molecule has 24 heavy (non-hydrogen) atoms. The molecule has 1 heterocycles. The second-order valence-electron chi connectivity index (χ2n) is 5.37. The topological polar surface area (TPSA) is 77.5 Å². The molecule has 128 valence electrons. The molecular formula is C17H20N2O4S. The number of hydrogen-bond acceptors (Lipinski definition) is 5. The number of rotatable bonds is 6. The van der Waals surface area contributed by atoms with Crippen LogP contribution in [-0.2, 0) is 15.7 Å². The summed E-state index contributed by atoms with van der Waals surface area (Å²) >= 11 is 0. The van der Waals surface area contributed by atoms with E-state index in [4.69, 9.17) is 4.74 Å². The van der Waals surface area contributed by atoms with E-state index in [0.29, 0.717) is 22.0 Å². The number of nitrogens with one attached hydrogen (secondary N) is 1. The Kier molecular flexibility index (Phi) is 5.92. The number of hydrogen-bond donors (Lipinski definition) is 1. The van der Waals surface area contributed by atoms with Crippen molar-refractivity contribution < 1.29 is 18.5 Å². The molecule has 2 rings (SSSR count). The molecule has 0 aliphatic heterocycles. The van der Waals surface area contributed by atoms with Gasteiger partial charge in [0.05, 0.1) is 24.7 Å². The van der Waals surface area contributed by atoms with Crippen LogP contribution in [0.5, 0.6) is 5.88 Å². The standard InChI is InChI=1S/C17H20N2O4S/c1-11(2)13-9-15(16(22-3)18-10-13)19-24(21)14-7-5-6-12(8-14)17(20)23-4/h5-11,19H,1-4H3. The van der Waals surface area contributed by atoms with E-state index in [-0.39, 0.29) is 5.92 Å². The molecule has 0 radical (unpaired) electrons. The number of carbonyl (C=O) groups is 1. The molecular weight excluding hydrogens is 328 g/mol. The van der Waals surface area contributed by atoms with Crippen LogP contribution in [0.4, 0.5) is 5.69 Å². The smallest absolute Gasteiger partial charge is 0.337 e. The van der Waals surface area contributed by atoms with Gasteiger partial charge in [0.2, 0.25) is 5.88 Å². The number of benzene rings is 1. The zero-order valence-electron chi connectivity index (χ0n) is 14.0. The van der Waals surface area contributed by atoms with Gasteiger partial charge in [0, 0.05) is 6.20 Å². The van der Waals surface area contributed by atoms with Gasteiger partial charge in [0.15, 0.2) is 0 Å². The Balaban J connectivity index is 2.29. The number of ether oxygens (including phenoxy) is 2. The third kappa shape index (κ3) is 4.11. The maximum Gasteiger partial charge on any atom is 0.337 e. The van der Waals surface area contributed by atoms with Gasteiger partial charge in [-0.25, -0.2) is 14.0 Å². The molecule has 1 atom stereocenters. The van der Waals surface area contributed by atoms with Crippen molar-refractivity contribution in [2.45, 2.75) is 24.7 Å². The van der Waals surface area contributed by atoms with E-state index in [0.717, 1.165) is 5.56 Å². The first-order chi connectivity index (χ1) is 11.5. The molecule has 1 aromatic carbocycles. The molecule has 0 fully saturated rings. The summed E-state index contributed by atoms with van der Waals surface area (Å²) in [6.45, 7) is 4.09. The molecule has 0 bridgehead atoms. The highest BCUT2D eigenvalue weighted by Gasteiger charge is 2.14. The number of nitrogens with zero attached hydrogens (tertiary/aromatic N) is 1. The van der Waals surface area contributed by atoms with E-state index >= 15 is 0 Å². The highest BCUT2D eigenvalue weighted by Crippen LogP contribution is 2.27. The summed E-state index contributed by atoms with van der Waals surface area (Å²) < 4.78 is 25.4. The molecule has 1 aromatic heterocycles. The molecule has 0 amide bonds. The normalized spacial score (nSPS) is 11.9. The average molecular weight is 348 g/mol. The zero-order chi connectivity index (χ0) is 17.7. The van der Waals surface area contributed by atoms with Crippen LogP contribution in [0, 0.1) is 0 Å². The predicted octanol–water partition coefficient (Wildman–Crippen LogP) is 3.13. The van der Waals surface area contributed by atoms with E-state index in [1.54, 1.807) is 24.4 Å². The minimum Gasteiger partial charge on any atom is -0.480 e. The van der Waals surface area contributed by atoms with Gasteiger partial charge in [-0.3, -0.25) is 4.72 Å². The van der Waals surface area contributed by atoms with Crippen molar-refractivity contribution in [1.82, 2.24) is 4.98 Å². The van der Waals surface area contributed by atoms with Crippen molar-refractivity contribution in [3.05, 3.63) is 47.7 Å². The predicted molar refractivity (Wildman–Crippen MR) is 92.7 cm³/mol. The maximum absolute atomic E-state index is 12.6. The van der Waals surface area contributed by atoms with Crippen molar-refractivity contribution >= 4 is 22.6 Å². The number of methoxy groups -OCH3 is 2. The van der Waals surface area contributed by atoms with Crippen molar-refractivity contribution in [3.8, 4) is 5.88 Å². The summed E-state index contributed by atoms with van der Waals surface area (Å²) in [5.74, 6) is 0.159. The number of anilines is 1. The van der Waals surface area contributed by atoms with E-state index in [9.17, 15) is 9.00 Å². The molecule has 2 aromatic rings. The molecule has 0 saturated heterocycles. The number of esters is 1. The fourth-order valence-corrected chi connectivity index (χ4v) is 2.93. The summed E-state index contributed by atoms with van der Waals surface area (Å²) in [7, 11) is 1.23. The molecule has 0 saturated carbocycles. The lowest BCUT2D eigenvalue weighted by atomic mass is 10.1. The third-order valence-electron chi connectivity index (χ3n) is 3.40. The van der Waals surface area contributed by atoms with Crippen molar-refractivity contribution in [2.75, 3.05) is 18.9 Å². The van der Waals surface area contributed by atoms with Gasteiger partial charge in [0.1, 0.15) is 16.7 Å². The third-order valence-corrected chi connectivity index (χ3v) is 4.49. The number of aromatic nitrogens is 1. The molecule has 7 heteroatoms. The zero-order valence-corrected chi connectivity index (χ0v) is 14.8. The van der Waals surface area contributed by atoms with E-state index in [2.05, 4.69) is 14.4 Å². The second kappa shape index (κ2) is 7.92. The molecule has 0 aliphatic carbocycles. The Labute approximate surface area is 143 Å². The summed E-state index contributed by atoms with van der Waals surface area (Å²) in [6, 6.07) is 8.32. The van der Waals surface area contributed by atoms with Crippen LogP contribution in [0.2, 0.25) is 0 Å². The Morgan fingerprint density at radius 2 is 2.00 bits per heavy atom. The molecule has 6 nitrogen and oxygen atoms in total. The highest BCUT2D eigenvalue weighted by atomic mass is 32.2. The lowest BCUT2D eigenvalue weighted by molar-refractivity contribution is 0.0600. The first-order valence-electron chi connectivity index (χ1n) is 7.37. The van der Waals surface area contributed by atoms with Crippen LogP contribution in [0.3, 0.4) is 0 Å². The summed E-state index contributed by atoms with van der Waals surface area (Å²) in [6.07, 6.45) is 1.73. The van der Waals surface area contributed by atoms with E-state index < -0.39 is 17.0 Å². The first kappa shape index (κ1) is 17.9. The summed E-state index contributed by atoms with van der Waals surface area (Å²) in [5.41, 5.74) is 1.87. The van der Waals surface area contributed by atoms with Gasteiger partial charge in [-0.1, -0.05) is 19.9 Å². The van der Waals surface area contributed by atoms with Gasteiger partial charge in [-0.05, 0) is 35.7 Å². The molecule has 0 aliphatic rings. The summed E-state index contributed by atoms with van der Waals surface area (Å²) in [5, 5.41) is 0. The fraction of sp³-hybridized carbons (Fsp3) is 0.294. The van der Waals surface area contributed by atoms with Crippen LogP contribution in [0.1, 0.15) is 35.7 Å². The van der Waals surface area contributed by atoms with Crippen molar-refractivity contribution in [3.63, 3.8) is 0 Å². The number of pyridine rings is 1. The van der Waals surface area contributed by atoms with Gasteiger partial charge >= 0.3 is 5.97 Å². The van der Waals surface area contributed by atoms with Crippen LogP contribution in [0.15, 0.2) is 41.4 Å². The maximum atomic E-state index is 12.6. The Hall–Kier alpha value is -2.41. The van der Waals surface area contributed by atoms with Gasteiger partial charge in [-0.2, -0.15) is 0 Å². The molecule has 1 N–H and O–H groups in total. The van der Waals surface area contributed by atoms with Gasteiger partial charge in [-0.15, -0.1) is 0 Å². The minimum atomic E-state index is -1.57. The Morgan fingerprint density at radius 1 is 1.25 bits per heavy atom. The van der Waals surface area contributed by atoms with Crippen LogP contribution in [-0.4, -0.2) is 29.4 Å². The summed E-state index contributed by atoms with van der Waals surface area (Å²) in [4.78, 5) is 16.3. The van der Waals surface area contributed by atoms with Crippen molar-refractivity contribution in [2.24, 2.45) is 0 Å². The average Bonchev–Trinajstić information content (AvgIpc) is 2.60.